The number of aryl methyl sites for hydroxylation is 1. The molecule has 0 fully saturated rings. The molecule has 12 heteroatoms. The van der Waals surface area contributed by atoms with E-state index in [1.54, 1.807) is 48.6 Å². The third kappa shape index (κ3) is 12.3. The number of benzene rings is 2. The van der Waals surface area contributed by atoms with Crippen molar-refractivity contribution in [3.05, 3.63) is 60.2 Å². The number of aromatic nitrogens is 1. The number of carbonyl (C=O) groups excluding carboxylic acids is 4. The quantitative estimate of drug-likeness (QED) is 0.166. The van der Waals surface area contributed by atoms with Crippen LogP contribution in [0.1, 0.15) is 66.4 Å². The summed E-state index contributed by atoms with van der Waals surface area (Å²) in [7, 11) is 1.57. The number of thiazole rings is 1. The summed E-state index contributed by atoms with van der Waals surface area (Å²) < 4.78 is 12.3. The van der Waals surface area contributed by atoms with Crippen molar-refractivity contribution in [2.45, 2.75) is 94.9 Å². The van der Waals surface area contributed by atoms with E-state index in [4.69, 9.17) is 9.47 Å². The molecule has 0 spiro atoms. The first-order valence-corrected chi connectivity index (χ1v) is 16.6. The number of fused-ring (bicyclic) bond motifs is 1. The molecule has 10 nitrogen and oxygen atoms in total. The summed E-state index contributed by atoms with van der Waals surface area (Å²) >= 11 is 2.40. The van der Waals surface area contributed by atoms with Crippen molar-refractivity contribution in [2.24, 2.45) is 0 Å². The van der Waals surface area contributed by atoms with Gasteiger partial charge in [0.2, 0.25) is 11.0 Å². The van der Waals surface area contributed by atoms with Gasteiger partial charge in [0.25, 0.3) is 0 Å². The number of ether oxygens (including phenoxy) is 2. The third-order valence-electron chi connectivity index (χ3n) is 6.43. The van der Waals surface area contributed by atoms with Crippen molar-refractivity contribution in [1.82, 2.24) is 20.5 Å². The summed E-state index contributed by atoms with van der Waals surface area (Å²) in [5.41, 5.74) is 0.411. The molecular weight excluding hydrogens is 613 g/mol. The van der Waals surface area contributed by atoms with Gasteiger partial charge in [0, 0.05) is 13.6 Å². The summed E-state index contributed by atoms with van der Waals surface area (Å²) in [4.78, 5) is 58.7. The van der Waals surface area contributed by atoms with Crippen LogP contribution in [0, 0.1) is 0 Å². The van der Waals surface area contributed by atoms with Gasteiger partial charge >= 0.3 is 12.2 Å². The Morgan fingerprint density at radius 2 is 1.51 bits per heavy atom. The monoisotopic (exact) mass is 656 g/mol. The molecule has 1 heterocycles. The molecule has 1 aromatic heterocycles. The van der Waals surface area contributed by atoms with Gasteiger partial charge in [0.15, 0.2) is 4.34 Å². The Labute approximate surface area is 273 Å². The number of likely N-dealkylation sites (N-methyl/N-ethyl adjacent to an activating group) is 1. The molecule has 2 atom stereocenters. The third-order valence-corrected chi connectivity index (χ3v) is 8.50. The Bertz CT molecular complexity index is 1420. The molecule has 3 aromatic rings. The van der Waals surface area contributed by atoms with Crippen molar-refractivity contribution in [3.8, 4) is 0 Å². The number of thioether (sulfide) groups is 1. The lowest BCUT2D eigenvalue weighted by Gasteiger charge is -2.31. The van der Waals surface area contributed by atoms with E-state index in [0.717, 1.165) is 27.5 Å². The number of amides is 3. The standard InChI is InChI=1S/C33H44N4O6S2/c1-32(2,3)42-29(40)34-21-13-17-25(28(39)45-31-36-23-16-11-12-18-26(23)44-31)37(7)27(38)24(35-30(41)43-33(4,5)6)20-19-22-14-9-8-10-15-22/h8-12,14-16,18,24-25H,13,17,19-21H2,1-7H3,(H,34,40)(H,35,41)/t24-,25-/m0/s1. The summed E-state index contributed by atoms with van der Waals surface area (Å²) in [5.74, 6) is -0.417. The fourth-order valence-electron chi connectivity index (χ4n) is 4.38. The Morgan fingerprint density at radius 3 is 2.16 bits per heavy atom. The van der Waals surface area contributed by atoms with Gasteiger partial charge in [-0.15, -0.1) is 11.3 Å². The molecule has 0 unspecified atom stereocenters. The SMILES string of the molecule is CN(C(=O)[C@H](CCc1ccccc1)NC(=O)OC(C)(C)C)[C@@H](CCCNC(=O)OC(C)(C)C)C(=O)Sc1nc2ccccc2s1. The van der Waals surface area contributed by atoms with E-state index < -0.39 is 41.4 Å². The summed E-state index contributed by atoms with van der Waals surface area (Å²) in [6.45, 7) is 10.8. The molecule has 0 saturated heterocycles. The summed E-state index contributed by atoms with van der Waals surface area (Å²) in [5, 5.41) is 5.18. The van der Waals surface area contributed by atoms with Crippen molar-refractivity contribution in [2.75, 3.05) is 13.6 Å². The lowest BCUT2D eigenvalue weighted by atomic mass is 10.0. The number of nitrogens with zero attached hydrogens (tertiary/aromatic N) is 2. The van der Waals surface area contributed by atoms with Crippen LogP contribution in [-0.4, -0.2) is 70.0 Å². The van der Waals surface area contributed by atoms with E-state index >= 15 is 0 Å². The Morgan fingerprint density at radius 1 is 0.889 bits per heavy atom. The Balaban J connectivity index is 1.79. The second kappa shape index (κ2) is 16.1. The molecule has 0 saturated carbocycles. The first kappa shape index (κ1) is 35.8. The molecule has 2 aromatic carbocycles. The van der Waals surface area contributed by atoms with Crippen LogP contribution in [0.3, 0.4) is 0 Å². The highest BCUT2D eigenvalue weighted by molar-refractivity contribution is 8.15. The minimum absolute atomic E-state index is 0.250. The van der Waals surface area contributed by atoms with Gasteiger partial charge in [-0.25, -0.2) is 14.6 Å². The zero-order valence-corrected chi connectivity index (χ0v) is 28.7. The molecule has 0 aliphatic carbocycles. The smallest absolute Gasteiger partial charge is 0.408 e. The molecule has 0 radical (unpaired) electrons. The maximum absolute atomic E-state index is 14.0. The molecule has 0 aliphatic heterocycles. The maximum Gasteiger partial charge on any atom is 0.408 e. The minimum atomic E-state index is -0.937. The first-order chi connectivity index (χ1) is 21.1. The van der Waals surface area contributed by atoms with Crippen molar-refractivity contribution in [1.29, 1.82) is 0 Å². The molecule has 2 N–H and O–H groups in total. The van der Waals surface area contributed by atoms with E-state index in [-0.39, 0.29) is 18.1 Å². The number of carbonyl (C=O) groups is 4. The summed E-state index contributed by atoms with van der Waals surface area (Å²) in [6.07, 6.45) is 0.240. The lowest BCUT2D eigenvalue weighted by Crippen LogP contribution is -2.53. The molecule has 244 valence electrons. The number of hydrogen-bond donors (Lipinski definition) is 2. The topological polar surface area (TPSA) is 127 Å². The highest BCUT2D eigenvalue weighted by Gasteiger charge is 2.33. The van der Waals surface area contributed by atoms with Gasteiger partial charge in [0.1, 0.15) is 23.3 Å². The predicted octanol–water partition coefficient (Wildman–Crippen LogP) is 6.57. The van der Waals surface area contributed by atoms with Gasteiger partial charge < -0.3 is 25.0 Å². The van der Waals surface area contributed by atoms with Crippen LogP contribution >= 0.6 is 23.1 Å². The fraction of sp³-hybridized carbons (Fsp3) is 0.485. The minimum Gasteiger partial charge on any atom is -0.444 e. The van der Waals surface area contributed by atoms with Gasteiger partial charge in [-0.1, -0.05) is 42.5 Å². The number of rotatable bonds is 12. The van der Waals surface area contributed by atoms with Crippen LogP contribution in [0.5, 0.6) is 0 Å². The average molecular weight is 657 g/mol. The van der Waals surface area contributed by atoms with Crippen LogP contribution in [0.4, 0.5) is 9.59 Å². The maximum atomic E-state index is 14.0. The van der Waals surface area contributed by atoms with E-state index in [9.17, 15) is 19.2 Å². The van der Waals surface area contributed by atoms with Crippen LogP contribution in [0.15, 0.2) is 58.9 Å². The van der Waals surface area contributed by atoms with Crippen LogP contribution in [0.2, 0.25) is 0 Å². The molecule has 3 amide bonds. The molecule has 45 heavy (non-hydrogen) atoms. The van der Waals surface area contributed by atoms with Crippen LogP contribution in [0.25, 0.3) is 10.2 Å². The largest absolute Gasteiger partial charge is 0.444 e. The van der Waals surface area contributed by atoms with Crippen molar-refractivity contribution < 1.29 is 28.7 Å². The predicted molar refractivity (Wildman–Crippen MR) is 178 cm³/mol. The Kier molecular flexibility index (Phi) is 12.8. The zero-order chi connectivity index (χ0) is 33.2. The average Bonchev–Trinajstić information content (AvgIpc) is 3.35. The van der Waals surface area contributed by atoms with Crippen LogP contribution < -0.4 is 10.6 Å². The van der Waals surface area contributed by atoms with Gasteiger partial charge in [-0.05, 0) is 96.7 Å². The van der Waals surface area contributed by atoms with Gasteiger partial charge in [0.05, 0.1) is 10.2 Å². The lowest BCUT2D eigenvalue weighted by molar-refractivity contribution is -0.137. The van der Waals surface area contributed by atoms with E-state index in [1.807, 2.05) is 54.6 Å². The van der Waals surface area contributed by atoms with Gasteiger partial charge in [-0.2, -0.15) is 0 Å². The molecule has 3 rings (SSSR count). The van der Waals surface area contributed by atoms with Crippen LogP contribution in [-0.2, 0) is 25.5 Å². The van der Waals surface area contributed by atoms with E-state index in [2.05, 4.69) is 15.6 Å². The highest BCUT2D eigenvalue weighted by atomic mass is 32.2. The molecule has 0 aliphatic rings. The second-order valence-corrected chi connectivity index (χ2v) is 14.9. The van der Waals surface area contributed by atoms with E-state index in [0.29, 0.717) is 23.6 Å². The fourth-order valence-corrected chi connectivity index (χ4v) is 6.49. The second-order valence-electron chi connectivity index (χ2n) is 12.6. The van der Waals surface area contributed by atoms with E-state index in [1.165, 1.54) is 16.2 Å². The number of para-hydroxylation sites is 1. The Hall–Kier alpha value is -3.64. The summed E-state index contributed by atoms with van der Waals surface area (Å²) in [6, 6.07) is 15.5. The molecule has 0 bridgehead atoms. The van der Waals surface area contributed by atoms with Crippen molar-refractivity contribution in [3.63, 3.8) is 0 Å². The zero-order valence-electron chi connectivity index (χ0n) is 27.0. The normalized spacial score (nSPS) is 13.0. The number of alkyl carbamates (subject to hydrolysis) is 2. The highest BCUT2D eigenvalue weighted by Crippen LogP contribution is 2.32. The molecular formula is C33H44N4O6S2. The van der Waals surface area contributed by atoms with Gasteiger partial charge in [-0.3, -0.25) is 9.59 Å². The van der Waals surface area contributed by atoms with Crippen molar-refractivity contribution >= 4 is 56.5 Å². The number of hydrogen-bond acceptors (Lipinski definition) is 9. The number of nitrogens with one attached hydrogen (secondary N) is 2. The first-order valence-electron chi connectivity index (χ1n) is 15.0.